The molecule has 158 valence electrons. The van der Waals surface area contributed by atoms with Crippen molar-refractivity contribution in [3.63, 3.8) is 0 Å². The number of aromatic hydroxyl groups is 1. The molecule has 3 rings (SSSR count). The van der Waals surface area contributed by atoms with Gasteiger partial charge in [-0.25, -0.2) is 0 Å². The summed E-state index contributed by atoms with van der Waals surface area (Å²) in [6.07, 6.45) is 0. The van der Waals surface area contributed by atoms with E-state index in [4.69, 9.17) is 0 Å². The van der Waals surface area contributed by atoms with Gasteiger partial charge in [0, 0.05) is 10.4 Å². The van der Waals surface area contributed by atoms with Crippen LogP contribution < -0.4 is 0 Å². The molecule has 0 aromatic heterocycles. The number of nitrogens with zero attached hydrogens (tertiary/aromatic N) is 4. The second kappa shape index (κ2) is 5.76. The molecule has 0 saturated carbocycles. The predicted molar refractivity (Wildman–Crippen MR) is 105 cm³/mol. The van der Waals surface area contributed by atoms with Crippen molar-refractivity contribution in [2.24, 2.45) is 0 Å². The molecule has 2 heterocycles. The van der Waals surface area contributed by atoms with E-state index < -0.39 is 22.2 Å². The largest absolute Gasteiger partial charge is 0.714 e. The highest BCUT2D eigenvalue weighted by Gasteiger charge is 2.61. The number of phenols is 1. The maximum Gasteiger partial charge on any atom is 0.316 e. The molecule has 1 N–H and O–H groups in total. The number of rotatable bonds is 2. The molecule has 0 unspecified atom stereocenters. The van der Waals surface area contributed by atoms with Crippen LogP contribution in [-0.4, -0.2) is 58.5 Å². The Labute approximate surface area is 170 Å². The van der Waals surface area contributed by atoms with Crippen molar-refractivity contribution in [2.75, 3.05) is 0 Å². The number of hydroxylamine groups is 6. The van der Waals surface area contributed by atoms with Crippen LogP contribution in [-0.2, 0) is 10.4 Å². The van der Waals surface area contributed by atoms with Crippen LogP contribution in [0.4, 0.5) is 0 Å². The van der Waals surface area contributed by atoms with Gasteiger partial charge in [0.1, 0.15) is 16.8 Å². The van der Waals surface area contributed by atoms with Gasteiger partial charge >= 0.3 is 11.7 Å². The highest BCUT2D eigenvalue weighted by atomic mass is 16.5. The lowest BCUT2D eigenvalue weighted by Crippen LogP contribution is -2.53. The molecule has 9 heteroatoms. The van der Waals surface area contributed by atoms with Crippen molar-refractivity contribution in [1.29, 1.82) is 0 Å². The Kier molecular flexibility index (Phi) is 4.21. The first kappa shape index (κ1) is 21.2. The Morgan fingerprint density at radius 1 is 0.724 bits per heavy atom. The van der Waals surface area contributed by atoms with Crippen LogP contribution in [0.3, 0.4) is 0 Å². The Morgan fingerprint density at radius 3 is 1.28 bits per heavy atom. The second-order valence-electron chi connectivity index (χ2n) is 9.83. The zero-order valence-electron chi connectivity index (χ0n) is 18.1. The van der Waals surface area contributed by atoms with Crippen LogP contribution in [0.15, 0.2) is 18.2 Å². The summed E-state index contributed by atoms with van der Waals surface area (Å²) in [6.45, 7) is 13.3. The normalized spacial score (nSPS) is 24.6. The molecular weight excluding hydrogens is 376 g/mol. The van der Waals surface area contributed by atoms with Gasteiger partial charge in [-0.3, -0.25) is 9.48 Å². The van der Waals surface area contributed by atoms with Crippen molar-refractivity contribution in [3.05, 3.63) is 39.7 Å². The van der Waals surface area contributed by atoms with Gasteiger partial charge in [0.05, 0.1) is 11.1 Å². The average molecular weight is 404 g/mol. The van der Waals surface area contributed by atoms with E-state index in [-0.39, 0.29) is 28.5 Å². The van der Waals surface area contributed by atoms with Crippen LogP contribution in [0.25, 0.3) is 0 Å². The lowest BCUT2D eigenvalue weighted by Gasteiger charge is -2.32. The zero-order valence-corrected chi connectivity index (χ0v) is 18.1. The fourth-order valence-electron chi connectivity index (χ4n) is 3.56. The van der Waals surface area contributed by atoms with Crippen molar-refractivity contribution >= 4 is 11.7 Å². The third-order valence-corrected chi connectivity index (χ3v) is 7.23. The van der Waals surface area contributed by atoms with Crippen molar-refractivity contribution < 1.29 is 25.0 Å². The Balaban J connectivity index is 2.22. The molecule has 0 amide bonds. The molecule has 9 nitrogen and oxygen atoms in total. The first-order valence-corrected chi connectivity index (χ1v) is 9.47. The van der Waals surface area contributed by atoms with E-state index in [2.05, 4.69) is 0 Å². The minimum absolute atomic E-state index is 0.139. The van der Waals surface area contributed by atoms with Gasteiger partial charge in [-0.05, 0) is 73.6 Å². The number of phenolic OH excluding ortho intramolecular Hbond substituents is 1. The fraction of sp³-hybridized carbons (Fsp3) is 0.600. The number of hydrogen-bond donors (Lipinski definition) is 1. The molecule has 29 heavy (non-hydrogen) atoms. The summed E-state index contributed by atoms with van der Waals surface area (Å²) in [5.41, 5.74) is -3.85. The van der Waals surface area contributed by atoms with Crippen molar-refractivity contribution in [3.8, 4) is 5.75 Å². The SMILES string of the molecule is CC1(C)N([O])C(c2cc(O)cc(C3=[N+]([O-])C(C)(C)C(C)(C)N3[O])c2)=[N+]([O-])C1(C)C. The molecule has 2 radical (unpaired) electrons. The molecule has 1 aromatic rings. The summed E-state index contributed by atoms with van der Waals surface area (Å²) in [5.74, 6) is -0.612. The molecule has 0 atom stereocenters. The summed E-state index contributed by atoms with van der Waals surface area (Å²) in [6, 6.07) is 3.98. The third-order valence-electron chi connectivity index (χ3n) is 7.23. The van der Waals surface area contributed by atoms with Crippen LogP contribution in [0.1, 0.15) is 66.5 Å². The van der Waals surface area contributed by atoms with E-state index in [1.54, 1.807) is 55.4 Å². The van der Waals surface area contributed by atoms with Crippen molar-refractivity contribution in [2.45, 2.75) is 77.5 Å². The van der Waals surface area contributed by atoms with Gasteiger partial charge < -0.3 is 15.5 Å². The fourth-order valence-corrected chi connectivity index (χ4v) is 3.56. The molecule has 2 aliphatic heterocycles. The molecule has 0 aliphatic carbocycles. The number of benzene rings is 1. The van der Waals surface area contributed by atoms with Gasteiger partial charge in [-0.1, -0.05) is 10.1 Å². The number of amidine groups is 2. The highest BCUT2D eigenvalue weighted by molar-refractivity contribution is 6.02. The lowest BCUT2D eigenvalue weighted by molar-refractivity contribution is -0.539. The van der Waals surface area contributed by atoms with E-state index in [0.717, 1.165) is 0 Å². The predicted octanol–water partition coefficient (Wildman–Crippen LogP) is 2.34. The summed E-state index contributed by atoms with van der Waals surface area (Å²) in [5, 5.41) is 63.3. The van der Waals surface area contributed by atoms with Crippen molar-refractivity contribution in [1.82, 2.24) is 10.1 Å². The molecule has 0 bridgehead atoms. The standard InChI is InChI=1S/C20H28N4O5/c1-17(2)18(3,4)22(27)15(21(17)26)12-9-13(11-14(25)10-12)16-23(28)19(5,6)20(7,8)24(16)29/h9-11,25H,1-8H3. The Bertz CT molecular complexity index is 874. The Morgan fingerprint density at radius 2 is 1.03 bits per heavy atom. The lowest BCUT2D eigenvalue weighted by atomic mass is 9.84. The summed E-state index contributed by atoms with van der Waals surface area (Å²) in [7, 11) is 0. The minimum Gasteiger partial charge on any atom is -0.714 e. The first-order valence-electron chi connectivity index (χ1n) is 9.47. The van der Waals surface area contributed by atoms with E-state index in [1.165, 1.54) is 18.2 Å². The van der Waals surface area contributed by atoms with E-state index in [1.807, 2.05) is 0 Å². The van der Waals surface area contributed by atoms with Gasteiger partial charge in [-0.2, -0.15) is 0 Å². The monoisotopic (exact) mass is 404 g/mol. The second-order valence-corrected chi connectivity index (χ2v) is 9.83. The molecule has 2 aliphatic rings. The highest BCUT2D eigenvalue weighted by Crippen LogP contribution is 2.40. The van der Waals surface area contributed by atoms with E-state index in [0.29, 0.717) is 19.6 Å². The minimum atomic E-state index is -1.03. The number of hydrogen-bond acceptors (Lipinski definition) is 5. The van der Waals surface area contributed by atoms with E-state index in [9.17, 15) is 25.9 Å². The molecule has 0 fully saturated rings. The van der Waals surface area contributed by atoms with Gasteiger partial charge in [0.25, 0.3) is 0 Å². The molecule has 0 spiro atoms. The molecule has 0 saturated heterocycles. The van der Waals surface area contributed by atoms with E-state index >= 15 is 0 Å². The molecular formula is C20H28N4O5. The third kappa shape index (κ3) is 2.47. The van der Waals surface area contributed by atoms with Crippen LogP contribution in [0, 0.1) is 10.4 Å². The first-order chi connectivity index (χ1) is 13.0. The zero-order chi connectivity index (χ0) is 22.3. The summed E-state index contributed by atoms with van der Waals surface area (Å²) in [4.78, 5) is 0. The van der Waals surface area contributed by atoms with Gasteiger partial charge in [-0.15, -0.1) is 0 Å². The van der Waals surface area contributed by atoms with Crippen LogP contribution in [0.2, 0.25) is 0 Å². The smallest absolute Gasteiger partial charge is 0.316 e. The van der Waals surface area contributed by atoms with Gasteiger partial charge in [0.15, 0.2) is 11.1 Å². The average Bonchev–Trinajstić information content (AvgIpc) is 2.78. The maximum absolute atomic E-state index is 12.9. The molecule has 1 aromatic carbocycles. The van der Waals surface area contributed by atoms with Crippen LogP contribution in [0.5, 0.6) is 5.75 Å². The maximum atomic E-state index is 12.9. The van der Waals surface area contributed by atoms with Gasteiger partial charge in [0.2, 0.25) is 0 Å². The summed E-state index contributed by atoms with van der Waals surface area (Å²) < 4.78 is 1.24. The quantitative estimate of drug-likeness (QED) is 0.599. The van der Waals surface area contributed by atoms with Crippen LogP contribution >= 0.6 is 0 Å². The Hall–Kier alpha value is -2.52. The summed E-state index contributed by atoms with van der Waals surface area (Å²) >= 11 is 0. The topological polar surface area (TPSA) is 119 Å².